The number of pyridine rings is 1. The van der Waals surface area contributed by atoms with Crippen molar-refractivity contribution in [3.63, 3.8) is 0 Å². The van der Waals surface area contributed by atoms with E-state index in [2.05, 4.69) is 50.9 Å². The first kappa shape index (κ1) is 21.3. The summed E-state index contributed by atoms with van der Waals surface area (Å²) in [5.41, 5.74) is 4.18. The van der Waals surface area contributed by atoms with Gasteiger partial charge in [0, 0.05) is 35.2 Å². The second-order valence-corrected chi connectivity index (χ2v) is 9.15. The van der Waals surface area contributed by atoms with Gasteiger partial charge in [-0.1, -0.05) is 60.3 Å². The van der Waals surface area contributed by atoms with Crippen molar-refractivity contribution in [1.29, 1.82) is 0 Å². The van der Waals surface area contributed by atoms with Crippen LogP contribution in [-0.4, -0.2) is 19.7 Å². The SMILES string of the molecule is Cc1ccccc1-n1c(SCc2cc(=O)oc3ccc4ccccc4c23)nnc1-c1ccncc1. The number of aromatic nitrogens is 4. The van der Waals surface area contributed by atoms with Crippen molar-refractivity contribution in [2.24, 2.45) is 0 Å². The molecule has 0 saturated carbocycles. The number of hydrogen-bond donors (Lipinski definition) is 0. The number of hydrogen-bond acceptors (Lipinski definition) is 6. The molecule has 0 aliphatic rings. The normalized spacial score (nSPS) is 11.3. The quantitative estimate of drug-likeness (QED) is 0.168. The average Bonchev–Trinajstić information content (AvgIpc) is 3.31. The molecule has 0 amide bonds. The lowest BCUT2D eigenvalue weighted by Crippen LogP contribution is -2.03. The van der Waals surface area contributed by atoms with Crippen molar-refractivity contribution >= 4 is 33.5 Å². The molecule has 6 rings (SSSR count). The summed E-state index contributed by atoms with van der Waals surface area (Å²) in [5, 5.41) is 12.9. The Morgan fingerprint density at radius 3 is 2.57 bits per heavy atom. The third-order valence-corrected chi connectivity index (χ3v) is 6.98. The second-order valence-electron chi connectivity index (χ2n) is 8.20. The molecule has 3 aromatic carbocycles. The molecular formula is C28H20N4O2S. The van der Waals surface area contributed by atoms with Crippen LogP contribution in [-0.2, 0) is 5.75 Å². The third kappa shape index (κ3) is 3.90. The highest BCUT2D eigenvalue weighted by atomic mass is 32.2. The molecule has 0 aliphatic carbocycles. The maximum Gasteiger partial charge on any atom is 0.336 e. The highest BCUT2D eigenvalue weighted by Gasteiger charge is 2.18. The predicted molar refractivity (Wildman–Crippen MR) is 139 cm³/mol. The van der Waals surface area contributed by atoms with Gasteiger partial charge in [-0.15, -0.1) is 10.2 Å². The first-order valence-electron chi connectivity index (χ1n) is 11.2. The van der Waals surface area contributed by atoms with Gasteiger partial charge in [0.25, 0.3) is 0 Å². The summed E-state index contributed by atoms with van der Waals surface area (Å²) in [6, 6.07) is 25.6. The number of nitrogens with zero attached hydrogens (tertiary/aromatic N) is 4. The number of aryl methyl sites for hydroxylation is 1. The van der Waals surface area contributed by atoms with Crippen LogP contribution in [0.1, 0.15) is 11.1 Å². The molecule has 0 bridgehead atoms. The molecule has 0 atom stereocenters. The van der Waals surface area contributed by atoms with E-state index in [-0.39, 0.29) is 5.63 Å². The zero-order valence-corrected chi connectivity index (χ0v) is 19.7. The van der Waals surface area contributed by atoms with Gasteiger partial charge in [-0.05, 0) is 53.1 Å². The molecular weight excluding hydrogens is 456 g/mol. The number of thioether (sulfide) groups is 1. The monoisotopic (exact) mass is 476 g/mol. The Hall–Kier alpha value is -4.23. The van der Waals surface area contributed by atoms with Gasteiger partial charge in [0.05, 0.1) is 5.69 Å². The molecule has 6 aromatic rings. The fourth-order valence-corrected chi connectivity index (χ4v) is 5.28. The number of benzene rings is 3. The van der Waals surface area contributed by atoms with E-state index in [1.54, 1.807) is 30.2 Å². The van der Waals surface area contributed by atoms with Crippen LogP contribution < -0.4 is 5.63 Å². The summed E-state index contributed by atoms with van der Waals surface area (Å²) in [6.07, 6.45) is 3.50. The molecule has 0 aliphatic heterocycles. The van der Waals surface area contributed by atoms with Crippen molar-refractivity contribution < 1.29 is 4.42 Å². The molecule has 0 spiro atoms. The van der Waals surface area contributed by atoms with Crippen molar-refractivity contribution in [3.8, 4) is 17.1 Å². The Labute approximate surface area is 205 Å². The first-order chi connectivity index (χ1) is 17.2. The number of rotatable bonds is 5. The van der Waals surface area contributed by atoms with E-state index in [0.29, 0.717) is 11.3 Å². The molecule has 3 heterocycles. The minimum Gasteiger partial charge on any atom is -0.423 e. The Morgan fingerprint density at radius 2 is 1.71 bits per heavy atom. The van der Waals surface area contributed by atoms with Crippen LogP contribution in [0, 0.1) is 6.92 Å². The van der Waals surface area contributed by atoms with Gasteiger partial charge < -0.3 is 4.42 Å². The van der Waals surface area contributed by atoms with E-state index < -0.39 is 0 Å². The van der Waals surface area contributed by atoms with Crippen LogP contribution in [0.4, 0.5) is 0 Å². The van der Waals surface area contributed by atoms with Crippen LogP contribution in [0.2, 0.25) is 0 Å². The minimum absolute atomic E-state index is 0.360. The Morgan fingerprint density at radius 1 is 0.914 bits per heavy atom. The smallest absolute Gasteiger partial charge is 0.336 e. The van der Waals surface area contributed by atoms with Crippen molar-refractivity contribution in [3.05, 3.63) is 113 Å². The van der Waals surface area contributed by atoms with Crippen molar-refractivity contribution in [2.45, 2.75) is 17.8 Å². The van der Waals surface area contributed by atoms with Crippen LogP contribution in [0.3, 0.4) is 0 Å². The van der Waals surface area contributed by atoms with Gasteiger partial charge in [0.1, 0.15) is 5.58 Å². The summed E-state index contributed by atoms with van der Waals surface area (Å²) in [4.78, 5) is 16.5. The van der Waals surface area contributed by atoms with E-state index in [4.69, 9.17) is 4.42 Å². The van der Waals surface area contributed by atoms with Gasteiger partial charge in [-0.2, -0.15) is 0 Å². The number of fused-ring (bicyclic) bond motifs is 3. The zero-order chi connectivity index (χ0) is 23.8. The van der Waals surface area contributed by atoms with Crippen LogP contribution in [0.15, 0.2) is 106 Å². The predicted octanol–water partition coefficient (Wildman–Crippen LogP) is 6.19. The Bertz CT molecular complexity index is 1740. The highest BCUT2D eigenvalue weighted by Crippen LogP contribution is 2.34. The van der Waals surface area contributed by atoms with Crippen LogP contribution in [0.5, 0.6) is 0 Å². The molecule has 35 heavy (non-hydrogen) atoms. The molecule has 7 heteroatoms. The largest absolute Gasteiger partial charge is 0.423 e. The average molecular weight is 477 g/mol. The molecule has 0 radical (unpaired) electrons. The Kier molecular flexibility index (Phi) is 5.39. The first-order valence-corrected chi connectivity index (χ1v) is 12.2. The van der Waals surface area contributed by atoms with Gasteiger partial charge in [0.2, 0.25) is 0 Å². The summed E-state index contributed by atoms with van der Waals surface area (Å²) < 4.78 is 7.60. The molecule has 0 N–H and O–H groups in total. The van der Waals surface area contributed by atoms with E-state index in [1.807, 2.05) is 48.5 Å². The fraction of sp³-hybridized carbons (Fsp3) is 0.0714. The molecule has 0 saturated heterocycles. The fourth-order valence-electron chi connectivity index (χ4n) is 4.36. The summed E-state index contributed by atoms with van der Waals surface area (Å²) >= 11 is 1.54. The van der Waals surface area contributed by atoms with Crippen molar-refractivity contribution in [1.82, 2.24) is 19.7 Å². The third-order valence-electron chi connectivity index (χ3n) is 6.00. The van der Waals surface area contributed by atoms with Gasteiger partial charge in [-0.3, -0.25) is 9.55 Å². The second kappa shape index (κ2) is 8.85. The van der Waals surface area contributed by atoms with Crippen molar-refractivity contribution in [2.75, 3.05) is 0 Å². The standard InChI is InChI=1S/C28H20N4O2S/c1-18-6-2-5-9-23(18)32-27(20-12-14-29-15-13-20)30-31-28(32)35-17-21-16-25(33)34-24-11-10-19-7-3-4-8-22(19)26(21)24/h2-16H,17H2,1H3. The van der Waals surface area contributed by atoms with Gasteiger partial charge in [-0.25, -0.2) is 4.79 Å². The zero-order valence-electron chi connectivity index (χ0n) is 18.9. The maximum absolute atomic E-state index is 12.4. The lowest BCUT2D eigenvalue weighted by atomic mass is 10.0. The van der Waals surface area contributed by atoms with E-state index in [9.17, 15) is 4.79 Å². The van der Waals surface area contributed by atoms with Gasteiger partial charge >= 0.3 is 5.63 Å². The van der Waals surface area contributed by atoms with E-state index >= 15 is 0 Å². The van der Waals surface area contributed by atoms with Crippen LogP contribution >= 0.6 is 11.8 Å². The van der Waals surface area contributed by atoms with Gasteiger partial charge in [0.15, 0.2) is 11.0 Å². The maximum atomic E-state index is 12.4. The molecule has 0 fully saturated rings. The summed E-state index contributed by atoms with van der Waals surface area (Å²) in [7, 11) is 0. The molecule has 0 unspecified atom stereocenters. The van der Waals surface area contributed by atoms with E-state index in [0.717, 1.165) is 49.5 Å². The molecule has 3 aromatic heterocycles. The number of para-hydroxylation sites is 1. The lowest BCUT2D eigenvalue weighted by molar-refractivity contribution is 0.560. The highest BCUT2D eigenvalue weighted by molar-refractivity contribution is 7.98. The molecule has 6 nitrogen and oxygen atoms in total. The molecule has 170 valence electrons. The summed E-state index contributed by atoms with van der Waals surface area (Å²) in [6.45, 7) is 2.07. The topological polar surface area (TPSA) is 73.8 Å². The van der Waals surface area contributed by atoms with Crippen LogP contribution in [0.25, 0.3) is 38.8 Å². The van der Waals surface area contributed by atoms with E-state index in [1.165, 1.54) is 0 Å². The minimum atomic E-state index is -0.360. The lowest BCUT2D eigenvalue weighted by Gasteiger charge is -2.13. The Balaban J connectivity index is 1.48. The summed E-state index contributed by atoms with van der Waals surface area (Å²) in [5.74, 6) is 1.28.